The minimum absolute atomic E-state index is 0.0967. The van der Waals surface area contributed by atoms with Gasteiger partial charge in [0.1, 0.15) is 12.4 Å². The fourth-order valence-electron chi connectivity index (χ4n) is 2.90. The van der Waals surface area contributed by atoms with Crippen molar-refractivity contribution in [2.24, 2.45) is 0 Å². The Balaban J connectivity index is 1.43. The van der Waals surface area contributed by atoms with Gasteiger partial charge in [-0.25, -0.2) is 4.98 Å². The average molecular weight is 357 g/mol. The molecule has 2 aromatic heterocycles. The van der Waals surface area contributed by atoms with E-state index in [9.17, 15) is 9.59 Å². The zero-order valence-electron chi connectivity index (χ0n) is 14.6. The SMILES string of the molecule is O=C(CNC(=O)c1ccoc1)NCc1ccnc(OC2CCCCC2)c1. The number of nitrogens with zero attached hydrogens (tertiary/aromatic N) is 1. The van der Waals surface area contributed by atoms with E-state index in [1.54, 1.807) is 6.20 Å². The first-order valence-electron chi connectivity index (χ1n) is 8.89. The molecule has 0 aromatic carbocycles. The molecule has 1 fully saturated rings. The van der Waals surface area contributed by atoms with Crippen LogP contribution in [0.15, 0.2) is 41.3 Å². The lowest BCUT2D eigenvalue weighted by Crippen LogP contribution is -2.36. The number of hydrogen-bond acceptors (Lipinski definition) is 5. The van der Waals surface area contributed by atoms with Crippen molar-refractivity contribution in [2.45, 2.75) is 44.8 Å². The molecule has 1 saturated carbocycles. The highest BCUT2D eigenvalue weighted by Crippen LogP contribution is 2.22. The summed E-state index contributed by atoms with van der Waals surface area (Å²) < 4.78 is 10.8. The van der Waals surface area contributed by atoms with Crippen LogP contribution < -0.4 is 15.4 Å². The van der Waals surface area contributed by atoms with Crippen LogP contribution in [-0.4, -0.2) is 29.4 Å². The number of hydrogen-bond donors (Lipinski definition) is 2. The molecule has 1 aliphatic rings. The van der Waals surface area contributed by atoms with Gasteiger partial charge in [-0.1, -0.05) is 6.42 Å². The number of amides is 2. The summed E-state index contributed by atoms with van der Waals surface area (Å²) in [5, 5.41) is 5.31. The zero-order chi connectivity index (χ0) is 18.2. The van der Waals surface area contributed by atoms with Gasteiger partial charge in [0.05, 0.1) is 18.4 Å². The van der Waals surface area contributed by atoms with Crippen molar-refractivity contribution < 1.29 is 18.7 Å². The van der Waals surface area contributed by atoms with Crippen molar-refractivity contribution in [1.29, 1.82) is 0 Å². The number of carbonyl (C=O) groups excluding carboxylic acids is 2. The molecule has 0 spiro atoms. The Hall–Kier alpha value is -2.83. The number of carbonyl (C=O) groups is 2. The molecule has 0 aliphatic heterocycles. The summed E-state index contributed by atoms with van der Waals surface area (Å²) in [5.41, 5.74) is 1.29. The third kappa shape index (κ3) is 5.34. The van der Waals surface area contributed by atoms with Crippen LogP contribution in [-0.2, 0) is 11.3 Å². The number of ether oxygens (including phenoxy) is 1. The van der Waals surface area contributed by atoms with Crippen molar-refractivity contribution in [3.8, 4) is 5.88 Å². The maximum atomic E-state index is 11.9. The van der Waals surface area contributed by atoms with E-state index in [-0.39, 0.29) is 24.5 Å². The predicted molar refractivity (Wildman–Crippen MR) is 94.6 cm³/mol. The molecule has 3 rings (SSSR count). The Kier molecular flexibility index (Phi) is 6.24. The normalized spacial score (nSPS) is 14.6. The zero-order valence-corrected chi connectivity index (χ0v) is 14.6. The summed E-state index contributed by atoms with van der Waals surface area (Å²) in [6, 6.07) is 5.22. The molecule has 2 N–H and O–H groups in total. The lowest BCUT2D eigenvalue weighted by atomic mass is 9.98. The summed E-state index contributed by atoms with van der Waals surface area (Å²) in [5.74, 6) is -0.0219. The van der Waals surface area contributed by atoms with E-state index in [2.05, 4.69) is 15.6 Å². The molecule has 2 amide bonds. The highest BCUT2D eigenvalue weighted by atomic mass is 16.5. The molecule has 0 unspecified atom stereocenters. The maximum Gasteiger partial charge on any atom is 0.254 e. The summed E-state index contributed by atoms with van der Waals surface area (Å²) in [7, 11) is 0. The third-order valence-corrected chi connectivity index (χ3v) is 4.32. The molecule has 2 heterocycles. The molecule has 7 nitrogen and oxygen atoms in total. The smallest absolute Gasteiger partial charge is 0.254 e. The molecule has 0 bridgehead atoms. The molecule has 26 heavy (non-hydrogen) atoms. The maximum absolute atomic E-state index is 11.9. The first kappa shape index (κ1) is 18.0. The lowest BCUT2D eigenvalue weighted by molar-refractivity contribution is -0.120. The van der Waals surface area contributed by atoms with E-state index in [4.69, 9.17) is 9.15 Å². The van der Waals surface area contributed by atoms with E-state index in [0.29, 0.717) is 18.0 Å². The molecule has 0 atom stereocenters. The molecular formula is C19H23N3O4. The van der Waals surface area contributed by atoms with E-state index in [1.165, 1.54) is 37.9 Å². The Morgan fingerprint density at radius 2 is 2.04 bits per heavy atom. The lowest BCUT2D eigenvalue weighted by Gasteiger charge is -2.22. The predicted octanol–water partition coefficient (Wildman–Crippen LogP) is 2.43. The van der Waals surface area contributed by atoms with Crippen LogP contribution in [0.4, 0.5) is 0 Å². The van der Waals surface area contributed by atoms with Crippen LogP contribution in [0, 0.1) is 0 Å². The van der Waals surface area contributed by atoms with Crippen LogP contribution in [0.25, 0.3) is 0 Å². The van der Waals surface area contributed by atoms with Gasteiger partial charge in [-0.15, -0.1) is 0 Å². The molecule has 138 valence electrons. The quantitative estimate of drug-likeness (QED) is 0.794. The van der Waals surface area contributed by atoms with Gasteiger partial charge in [0.25, 0.3) is 5.91 Å². The van der Waals surface area contributed by atoms with E-state index >= 15 is 0 Å². The highest BCUT2D eigenvalue weighted by Gasteiger charge is 2.15. The van der Waals surface area contributed by atoms with E-state index in [0.717, 1.165) is 18.4 Å². The van der Waals surface area contributed by atoms with E-state index in [1.807, 2.05) is 12.1 Å². The Morgan fingerprint density at radius 1 is 1.19 bits per heavy atom. The second-order valence-electron chi connectivity index (χ2n) is 6.35. The van der Waals surface area contributed by atoms with Crippen LogP contribution in [0.1, 0.15) is 48.0 Å². The summed E-state index contributed by atoms with van der Waals surface area (Å²) in [4.78, 5) is 27.9. The minimum Gasteiger partial charge on any atom is -0.474 e. The van der Waals surface area contributed by atoms with Gasteiger partial charge in [0, 0.05) is 18.8 Å². The van der Waals surface area contributed by atoms with Gasteiger partial charge in [-0.05, 0) is 43.4 Å². The fraction of sp³-hybridized carbons (Fsp3) is 0.421. The number of aromatic nitrogens is 1. The Labute approximate surface area is 152 Å². The number of rotatable bonds is 7. The number of nitrogens with one attached hydrogen (secondary N) is 2. The van der Waals surface area contributed by atoms with Gasteiger partial charge in [0.2, 0.25) is 11.8 Å². The number of furan rings is 1. The van der Waals surface area contributed by atoms with Gasteiger partial charge >= 0.3 is 0 Å². The van der Waals surface area contributed by atoms with Gasteiger partial charge in [0.15, 0.2) is 0 Å². The van der Waals surface area contributed by atoms with Crippen LogP contribution in [0.2, 0.25) is 0 Å². The summed E-state index contributed by atoms with van der Waals surface area (Å²) in [6.45, 7) is 0.254. The topological polar surface area (TPSA) is 93.5 Å². The molecule has 0 radical (unpaired) electrons. The molecule has 7 heteroatoms. The van der Waals surface area contributed by atoms with Crippen molar-refractivity contribution in [3.05, 3.63) is 48.0 Å². The van der Waals surface area contributed by atoms with Crippen LogP contribution in [0.3, 0.4) is 0 Å². The number of pyridine rings is 1. The fourth-order valence-corrected chi connectivity index (χ4v) is 2.90. The van der Waals surface area contributed by atoms with Crippen molar-refractivity contribution >= 4 is 11.8 Å². The average Bonchev–Trinajstić information content (AvgIpc) is 3.20. The Bertz CT molecular complexity index is 724. The minimum atomic E-state index is -0.346. The van der Waals surface area contributed by atoms with Crippen molar-refractivity contribution in [3.63, 3.8) is 0 Å². The van der Waals surface area contributed by atoms with Crippen LogP contribution in [0.5, 0.6) is 5.88 Å². The van der Waals surface area contributed by atoms with Crippen molar-refractivity contribution in [1.82, 2.24) is 15.6 Å². The standard InChI is InChI=1S/C19H23N3O4/c23-17(12-22-19(24)15-7-9-25-13-15)21-11-14-6-8-20-18(10-14)26-16-4-2-1-3-5-16/h6-10,13,16H,1-5,11-12H2,(H,21,23)(H,22,24). The van der Waals surface area contributed by atoms with Gasteiger partial charge in [-0.2, -0.15) is 0 Å². The van der Waals surface area contributed by atoms with Crippen molar-refractivity contribution in [2.75, 3.05) is 6.54 Å². The second kappa shape index (κ2) is 9.03. The summed E-state index contributed by atoms with van der Waals surface area (Å²) in [6.07, 6.45) is 10.5. The monoisotopic (exact) mass is 357 g/mol. The highest BCUT2D eigenvalue weighted by molar-refractivity contribution is 5.96. The van der Waals surface area contributed by atoms with Crippen LogP contribution >= 0.6 is 0 Å². The molecule has 0 saturated heterocycles. The largest absolute Gasteiger partial charge is 0.474 e. The third-order valence-electron chi connectivity index (χ3n) is 4.32. The Morgan fingerprint density at radius 3 is 2.81 bits per heavy atom. The molecule has 1 aliphatic carbocycles. The first-order chi connectivity index (χ1) is 12.7. The van der Waals surface area contributed by atoms with Gasteiger partial charge in [-0.3, -0.25) is 9.59 Å². The molecular weight excluding hydrogens is 334 g/mol. The van der Waals surface area contributed by atoms with Gasteiger partial charge < -0.3 is 19.8 Å². The van der Waals surface area contributed by atoms with E-state index < -0.39 is 0 Å². The molecule has 2 aromatic rings. The first-order valence-corrected chi connectivity index (χ1v) is 8.89. The summed E-state index contributed by atoms with van der Waals surface area (Å²) >= 11 is 0. The second-order valence-corrected chi connectivity index (χ2v) is 6.35.